The van der Waals surface area contributed by atoms with Crippen LogP contribution in [0.5, 0.6) is 0 Å². The summed E-state index contributed by atoms with van der Waals surface area (Å²) < 4.78 is 0. The zero-order chi connectivity index (χ0) is 8.10. The number of hydrogen-bond donors (Lipinski definition) is 3. The molecule has 0 aromatic rings. The average Bonchev–Trinajstić information content (AvgIpc) is 2.06. The molecule has 0 atom stereocenters. The number of hydrazine groups is 1. The zero-order valence-electron chi connectivity index (χ0n) is 6.08. The van der Waals surface area contributed by atoms with Crippen LogP contribution in [0, 0.1) is 0 Å². The normalized spacial score (nSPS) is 16.5. The smallest absolute Gasteiger partial charge is 0.327 e. The number of nitrogens with two attached hydrogens (primary N) is 1. The van der Waals surface area contributed by atoms with Crippen molar-refractivity contribution in [2.45, 2.75) is 12.5 Å². The van der Waals surface area contributed by atoms with Crippen molar-refractivity contribution in [2.24, 2.45) is 5.84 Å². The van der Waals surface area contributed by atoms with E-state index in [1.54, 1.807) is 0 Å². The fourth-order valence-corrected chi connectivity index (χ4v) is 0.882. The van der Waals surface area contributed by atoms with Crippen LogP contribution in [0.25, 0.3) is 0 Å². The molecule has 2 amide bonds. The Kier molecular flexibility index (Phi) is 2.68. The lowest BCUT2D eigenvalue weighted by molar-refractivity contribution is 0.240. The Labute approximate surface area is 65.1 Å². The van der Waals surface area contributed by atoms with Crippen molar-refractivity contribution in [2.75, 3.05) is 0 Å². The van der Waals surface area contributed by atoms with Gasteiger partial charge < -0.3 is 5.32 Å². The summed E-state index contributed by atoms with van der Waals surface area (Å²) in [5.74, 6) is 4.88. The SMILES string of the molecule is NNC(=O)NC1C=CCC=C1. The van der Waals surface area contributed by atoms with Crippen LogP contribution in [0.3, 0.4) is 0 Å². The first-order valence-corrected chi connectivity index (χ1v) is 3.43. The predicted molar refractivity (Wildman–Crippen MR) is 42.5 cm³/mol. The van der Waals surface area contributed by atoms with E-state index >= 15 is 0 Å². The van der Waals surface area contributed by atoms with E-state index in [0.717, 1.165) is 6.42 Å². The van der Waals surface area contributed by atoms with E-state index in [4.69, 9.17) is 5.84 Å². The maximum absolute atomic E-state index is 10.7. The molecule has 4 heteroatoms. The van der Waals surface area contributed by atoms with Gasteiger partial charge in [0.1, 0.15) is 0 Å². The molecule has 60 valence electrons. The zero-order valence-corrected chi connectivity index (χ0v) is 6.08. The van der Waals surface area contributed by atoms with Gasteiger partial charge in [0.15, 0.2) is 0 Å². The molecule has 0 radical (unpaired) electrons. The summed E-state index contributed by atoms with van der Waals surface area (Å²) in [4.78, 5) is 10.7. The number of carbonyl (C=O) groups excluding carboxylic acids is 1. The molecule has 0 unspecified atom stereocenters. The van der Waals surface area contributed by atoms with Gasteiger partial charge in [0.25, 0.3) is 0 Å². The Morgan fingerprint density at radius 3 is 2.64 bits per heavy atom. The summed E-state index contributed by atoms with van der Waals surface area (Å²) in [5.41, 5.74) is 1.99. The maximum atomic E-state index is 10.7. The second kappa shape index (κ2) is 3.78. The Hall–Kier alpha value is -1.29. The van der Waals surface area contributed by atoms with E-state index < -0.39 is 0 Å². The van der Waals surface area contributed by atoms with Crippen molar-refractivity contribution in [3.05, 3.63) is 24.3 Å². The molecule has 4 N–H and O–H groups in total. The fraction of sp³-hybridized carbons (Fsp3) is 0.286. The summed E-state index contributed by atoms with van der Waals surface area (Å²) in [6.45, 7) is 0. The molecule has 1 aliphatic carbocycles. The molecule has 0 aromatic heterocycles. The van der Waals surface area contributed by atoms with Crippen molar-refractivity contribution in [1.82, 2.24) is 10.7 Å². The third-order valence-corrected chi connectivity index (χ3v) is 1.39. The van der Waals surface area contributed by atoms with Gasteiger partial charge in [-0.3, -0.25) is 5.43 Å². The first-order chi connectivity index (χ1) is 5.33. The van der Waals surface area contributed by atoms with Crippen molar-refractivity contribution in [3.63, 3.8) is 0 Å². The van der Waals surface area contributed by atoms with Crippen molar-refractivity contribution in [3.8, 4) is 0 Å². The third-order valence-electron chi connectivity index (χ3n) is 1.39. The van der Waals surface area contributed by atoms with E-state index in [9.17, 15) is 4.79 Å². The highest BCUT2D eigenvalue weighted by Gasteiger charge is 2.04. The molecule has 1 aliphatic rings. The molecule has 0 spiro atoms. The number of rotatable bonds is 1. The first kappa shape index (κ1) is 7.81. The molecule has 0 bridgehead atoms. The summed E-state index contributed by atoms with van der Waals surface area (Å²) in [6, 6.07) is -0.390. The highest BCUT2D eigenvalue weighted by molar-refractivity contribution is 5.74. The van der Waals surface area contributed by atoms with Crippen LogP contribution in [-0.4, -0.2) is 12.1 Å². The quantitative estimate of drug-likeness (QED) is 0.215. The summed E-state index contributed by atoms with van der Waals surface area (Å²) in [7, 11) is 0. The molecule has 0 heterocycles. The van der Waals surface area contributed by atoms with Crippen LogP contribution in [0.4, 0.5) is 4.79 Å². The number of allylic oxidation sites excluding steroid dienone is 2. The van der Waals surface area contributed by atoms with Gasteiger partial charge in [0.2, 0.25) is 0 Å². The molecular formula is C7H11N3O. The highest BCUT2D eigenvalue weighted by atomic mass is 16.2. The Balaban J connectivity index is 2.36. The Morgan fingerprint density at radius 1 is 1.45 bits per heavy atom. The molecule has 0 aromatic carbocycles. The van der Waals surface area contributed by atoms with Crippen molar-refractivity contribution >= 4 is 6.03 Å². The lowest BCUT2D eigenvalue weighted by Crippen LogP contribution is -2.43. The third kappa shape index (κ3) is 2.43. The second-order valence-electron chi connectivity index (χ2n) is 2.24. The lowest BCUT2D eigenvalue weighted by Gasteiger charge is -2.11. The number of carbonyl (C=O) groups is 1. The number of hydrogen-bond acceptors (Lipinski definition) is 2. The maximum Gasteiger partial charge on any atom is 0.329 e. The molecule has 0 saturated heterocycles. The van der Waals surface area contributed by atoms with Gasteiger partial charge in [0.05, 0.1) is 6.04 Å². The minimum Gasteiger partial charge on any atom is -0.327 e. The number of urea groups is 1. The number of amides is 2. The average molecular weight is 153 g/mol. The standard InChI is InChI=1S/C7H11N3O/c8-10-7(11)9-6-4-2-1-3-5-6/h2-6H,1,8H2,(H2,9,10,11). The molecule has 11 heavy (non-hydrogen) atoms. The molecule has 0 saturated carbocycles. The van der Waals surface area contributed by atoms with E-state index in [2.05, 4.69) is 5.32 Å². The number of nitrogens with one attached hydrogen (secondary N) is 2. The second-order valence-corrected chi connectivity index (χ2v) is 2.24. The van der Waals surface area contributed by atoms with E-state index in [1.165, 1.54) is 0 Å². The molecular weight excluding hydrogens is 142 g/mol. The van der Waals surface area contributed by atoms with E-state index in [-0.39, 0.29) is 12.1 Å². The first-order valence-electron chi connectivity index (χ1n) is 3.43. The minimum atomic E-state index is -0.369. The van der Waals surface area contributed by atoms with Crippen LogP contribution in [0.2, 0.25) is 0 Å². The van der Waals surface area contributed by atoms with E-state index in [0.29, 0.717) is 0 Å². The molecule has 1 rings (SSSR count). The molecule has 0 aliphatic heterocycles. The van der Waals surface area contributed by atoms with Gasteiger partial charge in [0, 0.05) is 0 Å². The summed E-state index contributed by atoms with van der Waals surface area (Å²) in [6.07, 6.45) is 8.73. The molecule has 4 nitrogen and oxygen atoms in total. The highest BCUT2D eigenvalue weighted by Crippen LogP contribution is 2.00. The minimum absolute atomic E-state index is 0.0210. The largest absolute Gasteiger partial charge is 0.329 e. The van der Waals surface area contributed by atoms with Gasteiger partial charge >= 0.3 is 6.03 Å². The van der Waals surface area contributed by atoms with Gasteiger partial charge in [-0.1, -0.05) is 24.3 Å². The van der Waals surface area contributed by atoms with Gasteiger partial charge in [-0.2, -0.15) is 0 Å². The van der Waals surface area contributed by atoms with Gasteiger partial charge in [-0.05, 0) is 6.42 Å². The fourth-order valence-electron chi connectivity index (χ4n) is 0.882. The van der Waals surface area contributed by atoms with Crippen LogP contribution < -0.4 is 16.6 Å². The Bertz CT molecular complexity index is 186. The summed E-state index contributed by atoms with van der Waals surface area (Å²) >= 11 is 0. The van der Waals surface area contributed by atoms with Crippen LogP contribution >= 0.6 is 0 Å². The van der Waals surface area contributed by atoms with Gasteiger partial charge in [-0.25, -0.2) is 10.6 Å². The van der Waals surface area contributed by atoms with Gasteiger partial charge in [-0.15, -0.1) is 0 Å². The van der Waals surface area contributed by atoms with Crippen LogP contribution in [-0.2, 0) is 0 Å². The molecule has 0 fully saturated rings. The summed E-state index contributed by atoms with van der Waals surface area (Å²) in [5, 5.41) is 2.62. The predicted octanol–water partition coefficient (Wildman–Crippen LogP) is 0.0440. The van der Waals surface area contributed by atoms with Crippen molar-refractivity contribution in [1.29, 1.82) is 0 Å². The lowest BCUT2D eigenvalue weighted by atomic mass is 10.1. The monoisotopic (exact) mass is 153 g/mol. The topological polar surface area (TPSA) is 67.1 Å². The Morgan fingerprint density at radius 2 is 2.09 bits per heavy atom. The van der Waals surface area contributed by atoms with E-state index in [1.807, 2.05) is 29.7 Å². The van der Waals surface area contributed by atoms with Crippen LogP contribution in [0.1, 0.15) is 6.42 Å². The van der Waals surface area contributed by atoms with Crippen molar-refractivity contribution < 1.29 is 4.79 Å². The van der Waals surface area contributed by atoms with Crippen LogP contribution in [0.15, 0.2) is 24.3 Å².